The molecule has 0 saturated heterocycles. The van der Waals surface area contributed by atoms with Gasteiger partial charge in [0.15, 0.2) is 0 Å². The Kier molecular flexibility index (Phi) is 5.45. The van der Waals surface area contributed by atoms with Gasteiger partial charge in [-0.05, 0) is 23.6 Å². The Morgan fingerprint density at radius 2 is 2.18 bits per heavy atom. The van der Waals surface area contributed by atoms with Gasteiger partial charge in [0.05, 0.1) is 5.92 Å². The fourth-order valence-corrected chi connectivity index (χ4v) is 2.04. The molecular weight excluding hydrogens is 236 g/mol. The van der Waals surface area contributed by atoms with Crippen molar-refractivity contribution in [1.29, 1.82) is 0 Å². The van der Waals surface area contributed by atoms with Crippen LogP contribution in [0, 0.1) is 5.92 Å². The first-order valence-corrected chi connectivity index (χ1v) is 6.17. The molecule has 0 aliphatic carbocycles. The van der Waals surface area contributed by atoms with Gasteiger partial charge in [0.1, 0.15) is 0 Å². The van der Waals surface area contributed by atoms with Gasteiger partial charge in [-0.2, -0.15) is 0 Å². The van der Waals surface area contributed by atoms with Gasteiger partial charge in [-0.25, -0.2) is 0 Å². The number of nitrogens with two attached hydrogens (primary N) is 1. The predicted molar refractivity (Wildman–Crippen MR) is 71.1 cm³/mol. The summed E-state index contributed by atoms with van der Waals surface area (Å²) < 4.78 is 0. The molecule has 1 aromatic carbocycles. The van der Waals surface area contributed by atoms with Crippen LogP contribution in [-0.2, 0) is 4.79 Å². The maximum absolute atomic E-state index is 12.0. The highest BCUT2D eigenvalue weighted by Crippen LogP contribution is 2.26. The van der Waals surface area contributed by atoms with Crippen LogP contribution in [0.2, 0.25) is 5.02 Å². The first-order valence-electron chi connectivity index (χ1n) is 5.79. The normalized spacial score (nSPS) is 12.5. The Balaban J connectivity index is 2.89. The van der Waals surface area contributed by atoms with E-state index in [1.807, 2.05) is 32.0 Å². The largest absolute Gasteiger partial charge is 0.354 e. The minimum atomic E-state index is -0.180. The highest BCUT2D eigenvalue weighted by molar-refractivity contribution is 6.30. The summed E-state index contributed by atoms with van der Waals surface area (Å²) in [6, 6.07) is 7.44. The minimum Gasteiger partial charge on any atom is -0.354 e. The van der Waals surface area contributed by atoms with E-state index in [-0.39, 0.29) is 17.7 Å². The van der Waals surface area contributed by atoms with Crippen LogP contribution in [0.1, 0.15) is 25.3 Å². The van der Waals surface area contributed by atoms with Crippen LogP contribution in [0.3, 0.4) is 0 Å². The Hall–Kier alpha value is -1.06. The van der Waals surface area contributed by atoms with Crippen LogP contribution in [0.15, 0.2) is 24.3 Å². The number of benzene rings is 1. The van der Waals surface area contributed by atoms with E-state index in [0.717, 1.165) is 5.56 Å². The summed E-state index contributed by atoms with van der Waals surface area (Å²) in [5.41, 5.74) is 6.33. The lowest BCUT2D eigenvalue weighted by molar-refractivity contribution is -0.123. The average Bonchev–Trinajstić information content (AvgIpc) is 2.26. The van der Waals surface area contributed by atoms with Crippen LogP contribution in [0.5, 0.6) is 0 Å². The molecule has 0 spiro atoms. The molecule has 1 unspecified atom stereocenters. The first kappa shape index (κ1) is 14.0. The minimum absolute atomic E-state index is 0.00715. The van der Waals surface area contributed by atoms with Crippen molar-refractivity contribution in [3.8, 4) is 0 Å². The van der Waals surface area contributed by atoms with Crippen molar-refractivity contribution in [2.45, 2.75) is 19.8 Å². The third-order valence-corrected chi connectivity index (χ3v) is 2.84. The summed E-state index contributed by atoms with van der Waals surface area (Å²) in [4.78, 5) is 12.0. The number of nitrogens with one attached hydrogen (secondary N) is 1. The summed E-state index contributed by atoms with van der Waals surface area (Å²) in [7, 11) is 0. The number of carbonyl (C=O) groups is 1. The molecule has 1 rings (SSSR count). The third-order valence-electron chi connectivity index (χ3n) is 2.60. The van der Waals surface area contributed by atoms with Gasteiger partial charge >= 0.3 is 0 Å². The summed E-state index contributed by atoms with van der Waals surface area (Å²) >= 11 is 5.95. The number of amides is 1. The average molecular weight is 255 g/mol. The number of carbonyl (C=O) groups excluding carboxylic acids is 1. The second-order valence-corrected chi connectivity index (χ2v) is 4.79. The van der Waals surface area contributed by atoms with E-state index in [1.54, 1.807) is 6.07 Å². The maximum Gasteiger partial charge on any atom is 0.227 e. The van der Waals surface area contributed by atoms with Crippen LogP contribution in [0.25, 0.3) is 0 Å². The van der Waals surface area contributed by atoms with Crippen molar-refractivity contribution in [2.75, 3.05) is 13.1 Å². The summed E-state index contributed by atoms with van der Waals surface area (Å²) in [6.45, 7) is 5.00. The van der Waals surface area contributed by atoms with E-state index >= 15 is 0 Å². The van der Waals surface area contributed by atoms with Gasteiger partial charge in [0, 0.05) is 18.1 Å². The molecule has 3 N–H and O–H groups in total. The molecule has 0 heterocycles. The molecule has 0 radical (unpaired) electrons. The predicted octanol–water partition coefficient (Wildman–Crippen LogP) is 2.15. The monoisotopic (exact) mass is 254 g/mol. The molecule has 4 heteroatoms. The van der Waals surface area contributed by atoms with E-state index in [4.69, 9.17) is 17.3 Å². The number of hydrogen-bond acceptors (Lipinski definition) is 2. The van der Waals surface area contributed by atoms with Crippen LogP contribution in [0.4, 0.5) is 0 Å². The van der Waals surface area contributed by atoms with Crippen molar-refractivity contribution < 1.29 is 4.79 Å². The fourth-order valence-electron chi connectivity index (χ4n) is 1.84. The lowest BCUT2D eigenvalue weighted by Gasteiger charge is -2.20. The van der Waals surface area contributed by atoms with Crippen molar-refractivity contribution in [1.82, 2.24) is 5.32 Å². The summed E-state index contributed by atoms with van der Waals surface area (Å²) in [5.74, 6) is 0.0409. The van der Waals surface area contributed by atoms with Crippen molar-refractivity contribution in [2.24, 2.45) is 11.7 Å². The van der Waals surface area contributed by atoms with E-state index in [1.165, 1.54) is 0 Å². The van der Waals surface area contributed by atoms with Gasteiger partial charge in [0.25, 0.3) is 0 Å². The van der Waals surface area contributed by atoms with E-state index in [9.17, 15) is 4.79 Å². The zero-order valence-corrected chi connectivity index (χ0v) is 11.0. The van der Waals surface area contributed by atoms with Crippen LogP contribution < -0.4 is 11.1 Å². The topological polar surface area (TPSA) is 55.1 Å². The van der Waals surface area contributed by atoms with Gasteiger partial charge in [0.2, 0.25) is 5.91 Å². The molecule has 0 aliphatic rings. The Bertz CT molecular complexity index is 379. The molecule has 1 amide bonds. The molecule has 0 aromatic heterocycles. The molecule has 17 heavy (non-hydrogen) atoms. The molecule has 0 fully saturated rings. The zero-order chi connectivity index (χ0) is 12.8. The third kappa shape index (κ3) is 4.02. The van der Waals surface area contributed by atoms with Crippen molar-refractivity contribution in [3.63, 3.8) is 0 Å². The lowest BCUT2D eigenvalue weighted by Crippen LogP contribution is -2.35. The Morgan fingerprint density at radius 1 is 1.47 bits per heavy atom. The van der Waals surface area contributed by atoms with Gasteiger partial charge < -0.3 is 11.1 Å². The molecule has 3 nitrogen and oxygen atoms in total. The quantitative estimate of drug-likeness (QED) is 0.846. The maximum atomic E-state index is 12.0. The molecule has 0 bridgehead atoms. The Labute approximate surface area is 107 Å². The first-order chi connectivity index (χ1) is 8.06. The number of hydrogen-bond donors (Lipinski definition) is 2. The van der Waals surface area contributed by atoms with Crippen LogP contribution >= 0.6 is 11.6 Å². The van der Waals surface area contributed by atoms with E-state index in [2.05, 4.69) is 5.32 Å². The van der Waals surface area contributed by atoms with Gasteiger partial charge in [-0.3, -0.25) is 4.79 Å². The standard InChI is InChI=1S/C13H19ClN2O/c1-9(2)12(13(17)16-7-6-15)10-4-3-5-11(14)8-10/h3-5,8-9,12H,6-7,15H2,1-2H3,(H,16,17). The smallest absolute Gasteiger partial charge is 0.227 e. The number of halogens is 1. The van der Waals surface area contributed by atoms with E-state index < -0.39 is 0 Å². The van der Waals surface area contributed by atoms with E-state index in [0.29, 0.717) is 18.1 Å². The number of rotatable bonds is 5. The molecule has 0 aliphatic heterocycles. The molecule has 1 aromatic rings. The highest BCUT2D eigenvalue weighted by atomic mass is 35.5. The fraction of sp³-hybridized carbons (Fsp3) is 0.462. The molecule has 1 atom stereocenters. The summed E-state index contributed by atoms with van der Waals surface area (Å²) in [6.07, 6.45) is 0. The Morgan fingerprint density at radius 3 is 2.71 bits per heavy atom. The molecular formula is C13H19ClN2O. The van der Waals surface area contributed by atoms with Gasteiger partial charge in [-0.1, -0.05) is 37.6 Å². The zero-order valence-electron chi connectivity index (χ0n) is 10.2. The highest BCUT2D eigenvalue weighted by Gasteiger charge is 2.23. The SMILES string of the molecule is CC(C)C(C(=O)NCCN)c1cccc(Cl)c1. The lowest BCUT2D eigenvalue weighted by atomic mass is 9.87. The summed E-state index contributed by atoms with van der Waals surface area (Å²) in [5, 5.41) is 3.48. The molecule has 94 valence electrons. The van der Waals surface area contributed by atoms with Crippen molar-refractivity contribution in [3.05, 3.63) is 34.9 Å². The van der Waals surface area contributed by atoms with Crippen LogP contribution in [-0.4, -0.2) is 19.0 Å². The second-order valence-electron chi connectivity index (χ2n) is 4.36. The van der Waals surface area contributed by atoms with Crippen molar-refractivity contribution >= 4 is 17.5 Å². The molecule has 0 saturated carbocycles. The van der Waals surface area contributed by atoms with Gasteiger partial charge in [-0.15, -0.1) is 0 Å². The second kappa shape index (κ2) is 6.62.